The van der Waals surface area contributed by atoms with Crippen LogP contribution in [0, 0.1) is 0 Å². The Balaban J connectivity index is 1.91. The van der Waals surface area contributed by atoms with E-state index in [9.17, 15) is 9.59 Å². The first-order chi connectivity index (χ1) is 15.0. The molecule has 0 bridgehead atoms. The van der Waals surface area contributed by atoms with E-state index in [4.69, 9.17) is 0 Å². The first kappa shape index (κ1) is 21.2. The molecule has 0 saturated heterocycles. The van der Waals surface area contributed by atoms with Gasteiger partial charge in [-0.05, 0) is 31.0 Å². The van der Waals surface area contributed by atoms with E-state index < -0.39 is 5.92 Å². The topological polar surface area (TPSA) is 45.6 Å². The molecule has 162 valence electrons. The maximum atomic E-state index is 14.0. The molecule has 1 aliphatic heterocycles. The summed E-state index contributed by atoms with van der Waals surface area (Å²) in [6, 6.07) is 15.4. The van der Waals surface area contributed by atoms with E-state index in [-0.39, 0.29) is 17.9 Å². The number of likely N-dealkylation sites (N-methyl/N-ethyl adjacent to an activating group) is 2. The Bertz CT molecular complexity index is 1120. The van der Waals surface area contributed by atoms with Gasteiger partial charge in [0.2, 0.25) is 5.91 Å². The van der Waals surface area contributed by atoms with Gasteiger partial charge in [0.15, 0.2) is 0 Å². The Morgan fingerprint density at radius 3 is 2.45 bits per heavy atom. The van der Waals surface area contributed by atoms with Crippen molar-refractivity contribution >= 4 is 22.7 Å². The molecule has 0 aliphatic carbocycles. The molecule has 2 heterocycles. The molecule has 5 heteroatoms. The highest BCUT2D eigenvalue weighted by molar-refractivity contribution is 6.02. The summed E-state index contributed by atoms with van der Waals surface area (Å²) >= 11 is 0. The number of fused-ring (bicyclic) bond motifs is 2. The number of carbonyl (C=O) groups is 2. The van der Waals surface area contributed by atoms with Crippen LogP contribution in [0.3, 0.4) is 0 Å². The number of hydrogen-bond donors (Lipinski definition) is 0. The minimum atomic E-state index is -0.429. The second-order valence-electron chi connectivity index (χ2n) is 8.41. The van der Waals surface area contributed by atoms with E-state index in [1.807, 2.05) is 62.3 Å². The molecule has 0 radical (unpaired) electrons. The molecule has 2 atom stereocenters. The highest BCUT2D eigenvalue weighted by Gasteiger charge is 2.44. The Morgan fingerprint density at radius 1 is 1.00 bits per heavy atom. The lowest BCUT2D eigenvalue weighted by molar-refractivity contribution is -0.134. The third-order valence-electron chi connectivity index (χ3n) is 6.57. The van der Waals surface area contributed by atoms with Gasteiger partial charge in [-0.1, -0.05) is 49.7 Å². The largest absolute Gasteiger partial charge is 0.350 e. The van der Waals surface area contributed by atoms with Crippen molar-refractivity contribution in [3.63, 3.8) is 0 Å². The highest BCUT2D eigenvalue weighted by atomic mass is 16.2. The van der Waals surface area contributed by atoms with Gasteiger partial charge in [-0.2, -0.15) is 0 Å². The highest BCUT2D eigenvalue weighted by Crippen LogP contribution is 2.45. The van der Waals surface area contributed by atoms with Crippen molar-refractivity contribution < 1.29 is 9.59 Å². The Hall–Kier alpha value is -3.08. The van der Waals surface area contributed by atoms with Gasteiger partial charge >= 0.3 is 0 Å². The average molecular weight is 418 g/mol. The fourth-order valence-electron chi connectivity index (χ4n) is 4.91. The SMILES string of the molecule is CCCCN(CC)C(=O)[C@H]1c2ccccc2C(=O)N(C)[C@@H]1c1cn(C)c2ccccc12. The zero-order valence-electron chi connectivity index (χ0n) is 18.8. The molecular formula is C26H31N3O2. The molecule has 2 amide bonds. The van der Waals surface area contributed by atoms with Gasteiger partial charge < -0.3 is 14.4 Å². The number of nitrogens with zero attached hydrogens (tertiary/aromatic N) is 3. The van der Waals surface area contributed by atoms with Gasteiger partial charge in [-0.25, -0.2) is 0 Å². The Labute approximate surface area is 184 Å². The summed E-state index contributed by atoms with van der Waals surface area (Å²) in [6.45, 7) is 5.57. The van der Waals surface area contributed by atoms with Crippen LogP contribution in [0.2, 0.25) is 0 Å². The van der Waals surface area contributed by atoms with Crippen LogP contribution in [0.4, 0.5) is 0 Å². The molecule has 0 unspecified atom stereocenters. The van der Waals surface area contributed by atoms with E-state index in [0.717, 1.165) is 41.4 Å². The summed E-state index contributed by atoms with van der Waals surface area (Å²) in [5.41, 5.74) is 3.59. The lowest BCUT2D eigenvalue weighted by Gasteiger charge is -2.41. The smallest absolute Gasteiger partial charge is 0.254 e. The average Bonchev–Trinajstić information content (AvgIpc) is 3.12. The fourth-order valence-corrected chi connectivity index (χ4v) is 4.91. The molecule has 5 nitrogen and oxygen atoms in total. The molecule has 1 aromatic heterocycles. The van der Waals surface area contributed by atoms with Crippen LogP contribution >= 0.6 is 0 Å². The summed E-state index contributed by atoms with van der Waals surface area (Å²) in [5.74, 6) is -0.364. The fraction of sp³-hybridized carbons (Fsp3) is 0.385. The molecule has 3 aromatic rings. The summed E-state index contributed by atoms with van der Waals surface area (Å²) in [4.78, 5) is 31.0. The van der Waals surface area contributed by atoms with E-state index in [1.54, 1.807) is 4.90 Å². The molecule has 0 N–H and O–H groups in total. The number of unbranched alkanes of at least 4 members (excludes halogenated alkanes) is 1. The first-order valence-corrected chi connectivity index (χ1v) is 11.2. The van der Waals surface area contributed by atoms with E-state index in [0.29, 0.717) is 12.1 Å². The van der Waals surface area contributed by atoms with Crippen LogP contribution in [0.1, 0.15) is 60.1 Å². The maximum absolute atomic E-state index is 14.0. The zero-order valence-corrected chi connectivity index (χ0v) is 18.8. The minimum Gasteiger partial charge on any atom is -0.350 e. The van der Waals surface area contributed by atoms with Gasteiger partial charge in [0.05, 0.1) is 12.0 Å². The number of carbonyl (C=O) groups excluding carboxylic acids is 2. The summed E-state index contributed by atoms with van der Waals surface area (Å²) in [5, 5.41) is 1.09. The minimum absolute atomic E-state index is 0.0332. The lowest BCUT2D eigenvalue weighted by Crippen LogP contribution is -2.47. The van der Waals surface area contributed by atoms with E-state index in [2.05, 4.69) is 29.8 Å². The molecule has 0 saturated carbocycles. The van der Waals surface area contributed by atoms with E-state index in [1.165, 1.54) is 0 Å². The number of para-hydroxylation sites is 1. The van der Waals surface area contributed by atoms with Crippen molar-refractivity contribution in [2.45, 2.75) is 38.6 Å². The van der Waals surface area contributed by atoms with Crippen molar-refractivity contribution in [1.29, 1.82) is 0 Å². The quantitative estimate of drug-likeness (QED) is 0.582. The first-order valence-electron chi connectivity index (χ1n) is 11.2. The Kier molecular flexibility index (Phi) is 5.86. The molecule has 2 aromatic carbocycles. The number of amides is 2. The van der Waals surface area contributed by atoms with E-state index >= 15 is 0 Å². The van der Waals surface area contributed by atoms with Crippen molar-refractivity contribution in [3.05, 3.63) is 71.4 Å². The van der Waals surface area contributed by atoms with Gasteiger partial charge in [0.25, 0.3) is 5.91 Å². The molecular weight excluding hydrogens is 386 g/mol. The zero-order chi connectivity index (χ0) is 22.1. The third kappa shape index (κ3) is 3.52. The summed E-state index contributed by atoms with van der Waals surface area (Å²) in [6.07, 6.45) is 4.09. The molecule has 4 rings (SSSR count). The van der Waals surface area contributed by atoms with Crippen LogP contribution < -0.4 is 0 Å². The number of hydrogen-bond acceptors (Lipinski definition) is 2. The molecule has 31 heavy (non-hydrogen) atoms. The number of rotatable bonds is 6. The van der Waals surface area contributed by atoms with Crippen LogP contribution in [0.25, 0.3) is 10.9 Å². The predicted molar refractivity (Wildman–Crippen MR) is 124 cm³/mol. The van der Waals surface area contributed by atoms with Gasteiger partial charge in [0, 0.05) is 55.4 Å². The van der Waals surface area contributed by atoms with Crippen molar-refractivity contribution in [2.24, 2.45) is 7.05 Å². The monoisotopic (exact) mass is 417 g/mol. The van der Waals surface area contributed by atoms with Crippen LogP contribution in [0.15, 0.2) is 54.7 Å². The maximum Gasteiger partial charge on any atom is 0.254 e. The van der Waals surface area contributed by atoms with Crippen LogP contribution in [0.5, 0.6) is 0 Å². The number of benzene rings is 2. The van der Waals surface area contributed by atoms with Crippen molar-refractivity contribution in [1.82, 2.24) is 14.4 Å². The van der Waals surface area contributed by atoms with Crippen molar-refractivity contribution in [3.8, 4) is 0 Å². The summed E-state index contributed by atoms with van der Waals surface area (Å²) < 4.78 is 2.08. The third-order valence-corrected chi connectivity index (χ3v) is 6.57. The lowest BCUT2D eigenvalue weighted by atomic mass is 9.79. The second kappa shape index (κ2) is 8.58. The van der Waals surface area contributed by atoms with Crippen LogP contribution in [-0.2, 0) is 11.8 Å². The molecule has 0 spiro atoms. The molecule has 1 aliphatic rings. The molecule has 0 fully saturated rings. The Morgan fingerprint density at radius 2 is 1.71 bits per heavy atom. The number of aryl methyl sites for hydroxylation is 1. The predicted octanol–water partition coefficient (Wildman–Crippen LogP) is 4.74. The summed E-state index contributed by atoms with van der Waals surface area (Å²) in [7, 11) is 3.84. The van der Waals surface area contributed by atoms with Gasteiger partial charge in [-0.15, -0.1) is 0 Å². The van der Waals surface area contributed by atoms with Gasteiger partial charge in [-0.3, -0.25) is 9.59 Å². The number of aromatic nitrogens is 1. The van der Waals surface area contributed by atoms with Crippen molar-refractivity contribution in [2.75, 3.05) is 20.1 Å². The van der Waals surface area contributed by atoms with Gasteiger partial charge in [0.1, 0.15) is 0 Å². The standard InChI is InChI=1S/C26H31N3O2/c1-5-7-16-29(6-2)26(31)23-19-13-8-9-14-20(19)25(30)28(4)24(23)21-17-27(3)22-15-11-10-12-18(21)22/h8-15,17,23-24H,5-7,16H2,1-4H3/t23-,24+/m0/s1. The van der Waals surface area contributed by atoms with Crippen LogP contribution in [-0.4, -0.2) is 46.3 Å². The normalized spacial score (nSPS) is 18.3. The second-order valence-corrected chi connectivity index (χ2v) is 8.41.